The summed E-state index contributed by atoms with van der Waals surface area (Å²) in [5.41, 5.74) is 2.97. The predicted molar refractivity (Wildman–Crippen MR) is 176 cm³/mol. The van der Waals surface area contributed by atoms with Crippen LogP contribution in [-0.4, -0.2) is 80.6 Å². The number of amides is 1. The van der Waals surface area contributed by atoms with Crippen LogP contribution >= 0.6 is 23.2 Å². The van der Waals surface area contributed by atoms with E-state index in [1.165, 1.54) is 32.5 Å². The zero-order chi connectivity index (χ0) is 31.8. The zero-order valence-electron chi connectivity index (χ0n) is 25.8. The van der Waals surface area contributed by atoms with Crippen molar-refractivity contribution in [1.29, 1.82) is 0 Å². The minimum Gasteiger partial charge on any atom is -0.493 e. The largest absolute Gasteiger partial charge is 0.493 e. The molecule has 3 aliphatic rings. The first kappa shape index (κ1) is 32.1. The summed E-state index contributed by atoms with van der Waals surface area (Å²) < 4.78 is 36.1. The molecular weight excluding hydrogens is 635 g/mol. The third-order valence-corrected chi connectivity index (χ3v) is 12.4. The Balaban J connectivity index is 1.23. The Morgan fingerprint density at radius 3 is 2.31 bits per heavy atom. The number of carbonyl (C=O) groups is 1. The van der Waals surface area contributed by atoms with Gasteiger partial charge in [-0.3, -0.25) is 9.00 Å². The summed E-state index contributed by atoms with van der Waals surface area (Å²) in [4.78, 5) is 18.2. The average molecular weight is 674 g/mol. The summed E-state index contributed by atoms with van der Waals surface area (Å²) >= 11 is 12.8. The topological polar surface area (TPSA) is 77.5 Å². The van der Waals surface area contributed by atoms with Crippen molar-refractivity contribution < 1.29 is 28.0 Å². The fraction of sp³-hybridized carbons (Fsp3) is 0.441. The fourth-order valence-corrected chi connectivity index (χ4v) is 9.25. The van der Waals surface area contributed by atoms with Crippen LogP contribution in [0.1, 0.15) is 46.3 Å². The lowest BCUT2D eigenvalue weighted by atomic mass is 9.85. The van der Waals surface area contributed by atoms with Crippen molar-refractivity contribution in [1.82, 2.24) is 9.80 Å². The van der Waals surface area contributed by atoms with E-state index in [9.17, 15) is 9.00 Å². The van der Waals surface area contributed by atoms with Crippen molar-refractivity contribution in [3.05, 3.63) is 86.9 Å². The molecule has 0 saturated carbocycles. The normalized spacial score (nSPS) is 22.7. The standard InChI is InChI=1S/C34H38Cl2N2O6S/c1-41-29-18-24(19-30(42-2)31(29)43-3)32(39)38-16-17-44-33(22-38,25-8-9-27(35)28(36)20-25)10-13-37-14-11-34(12-15-37)26-7-5-4-6-23(26)21-45(34)40/h4-9,18-20H,10-17,21-22H2,1-3H3/t33-,45?/m1/s1. The highest BCUT2D eigenvalue weighted by Crippen LogP contribution is 2.47. The highest BCUT2D eigenvalue weighted by atomic mass is 35.5. The zero-order valence-corrected chi connectivity index (χ0v) is 28.1. The third kappa shape index (κ3) is 5.94. The molecule has 240 valence electrons. The first-order chi connectivity index (χ1) is 21.7. The molecule has 11 heteroatoms. The molecule has 0 aromatic heterocycles. The van der Waals surface area contributed by atoms with Gasteiger partial charge in [0.2, 0.25) is 5.75 Å². The van der Waals surface area contributed by atoms with Crippen LogP contribution in [-0.2, 0) is 31.6 Å². The molecule has 6 rings (SSSR count). The first-order valence-corrected chi connectivity index (χ1v) is 17.2. The Kier molecular flexibility index (Phi) is 9.37. The quantitative estimate of drug-likeness (QED) is 0.289. The number of piperidine rings is 1. The van der Waals surface area contributed by atoms with Gasteiger partial charge in [-0.05, 0) is 73.3 Å². The van der Waals surface area contributed by atoms with E-state index in [1.54, 1.807) is 18.2 Å². The number of hydrogen-bond donors (Lipinski definition) is 0. The predicted octanol–water partition coefficient (Wildman–Crippen LogP) is 6.03. The SMILES string of the molecule is COc1cc(C(=O)N2CCO[C@@](CCN3CCC4(CC3)c3ccccc3CS4=O)(c3ccc(Cl)c(Cl)c3)C2)cc(OC)c1OC. The van der Waals surface area contributed by atoms with Crippen LogP contribution in [0.15, 0.2) is 54.6 Å². The number of rotatable bonds is 8. The number of morpholine rings is 1. The van der Waals surface area contributed by atoms with Crippen molar-refractivity contribution >= 4 is 39.9 Å². The fourth-order valence-electron chi connectivity index (χ4n) is 7.06. The molecule has 1 amide bonds. The Bertz CT molecular complexity index is 1590. The Morgan fingerprint density at radius 2 is 1.64 bits per heavy atom. The summed E-state index contributed by atoms with van der Waals surface area (Å²) in [5.74, 6) is 1.73. The van der Waals surface area contributed by atoms with Gasteiger partial charge in [0.05, 0.1) is 49.3 Å². The monoisotopic (exact) mass is 672 g/mol. The maximum Gasteiger partial charge on any atom is 0.254 e. The molecule has 0 N–H and O–H groups in total. The molecule has 1 unspecified atom stereocenters. The number of nitrogens with zero attached hydrogens (tertiary/aromatic N) is 2. The van der Waals surface area contributed by atoms with Crippen LogP contribution < -0.4 is 14.2 Å². The molecule has 0 radical (unpaired) electrons. The van der Waals surface area contributed by atoms with E-state index in [1.807, 2.05) is 23.1 Å². The van der Waals surface area contributed by atoms with Crippen LogP contribution in [0.25, 0.3) is 0 Å². The number of halogens is 2. The molecule has 3 aromatic carbocycles. The summed E-state index contributed by atoms with van der Waals surface area (Å²) in [6.07, 6.45) is 2.34. The second kappa shape index (κ2) is 13.1. The Morgan fingerprint density at radius 1 is 0.933 bits per heavy atom. The Hall–Kier alpha value is -2.82. The second-order valence-corrected chi connectivity index (χ2v) is 14.4. The highest BCUT2D eigenvalue weighted by molar-refractivity contribution is 7.85. The number of likely N-dealkylation sites (tertiary alicyclic amines) is 1. The van der Waals surface area contributed by atoms with Gasteiger partial charge in [0, 0.05) is 35.2 Å². The van der Waals surface area contributed by atoms with Crippen LogP contribution in [0.4, 0.5) is 0 Å². The highest BCUT2D eigenvalue weighted by Gasteiger charge is 2.47. The summed E-state index contributed by atoms with van der Waals surface area (Å²) in [6, 6.07) is 17.3. The molecule has 3 aliphatic heterocycles. The minimum absolute atomic E-state index is 0.163. The van der Waals surface area contributed by atoms with Gasteiger partial charge in [-0.25, -0.2) is 0 Å². The molecule has 3 aromatic rings. The second-order valence-electron chi connectivity index (χ2n) is 11.8. The van der Waals surface area contributed by atoms with E-state index in [-0.39, 0.29) is 10.7 Å². The van der Waals surface area contributed by atoms with E-state index in [0.29, 0.717) is 64.7 Å². The van der Waals surface area contributed by atoms with Crippen molar-refractivity contribution in [2.45, 2.75) is 35.4 Å². The lowest BCUT2D eigenvalue weighted by Crippen LogP contribution is -2.53. The number of ether oxygens (including phenoxy) is 4. The van der Waals surface area contributed by atoms with E-state index in [2.05, 4.69) is 23.1 Å². The van der Waals surface area contributed by atoms with Crippen LogP contribution in [0, 0.1) is 0 Å². The van der Waals surface area contributed by atoms with Crippen LogP contribution in [0.3, 0.4) is 0 Å². The number of benzene rings is 3. The first-order valence-electron chi connectivity index (χ1n) is 15.1. The average Bonchev–Trinajstić information content (AvgIpc) is 3.34. The van der Waals surface area contributed by atoms with Gasteiger partial charge in [0.25, 0.3) is 5.91 Å². The van der Waals surface area contributed by atoms with E-state index in [4.69, 9.17) is 42.1 Å². The van der Waals surface area contributed by atoms with Gasteiger partial charge in [0.1, 0.15) is 5.60 Å². The lowest BCUT2D eigenvalue weighted by Gasteiger charge is -2.45. The molecule has 8 nitrogen and oxygen atoms in total. The summed E-state index contributed by atoms with van der Waals surface area (Å²) in [6.45, 7) is 3.54. The van der Waals surface area contributed by atoms with Crippen LogP contribution in [0.5, 0.6) is 17.2 Å². The van der Waals surface area contributed by atoms with E-state index < -0.39 is 16.4 Å². The lowest BCUT2D eigenvalue weighted by molar-refractivity contribution is -0.113. The van der Waals surface area contributed by atoms with E-state index in [0.717, 1.165) is 38.0 Å². The molecule has 0 bridgehead atoms. The minimum atomic E-state index is -0.914. The van der Waals surface area contributed by atoms with Crippen LogP contribution in [0.2, 0.25) is 10.0 Å². The third-order valence-electron chi connectivity index (χ3n) is 9.56. The maximum absolute atomic E-state index is 14.0. The van der Waals surface area contributed by atoms with Crippen molar-refractivity contribution in [2.24, 2.45) is 0 Å². The molecule has 0 aliphatic carbocycles. The molecule has 2 saturated heterocycles. The van der Waals surface area contributed by atoms with Gasteiger partial charge < -0.3 is 28.7 Å². The molecule has 1 spiro atoms. The molecule has 2 fully saturated rings. The smallest absolute Gasteiger partial charge is 0.254 e. The van der Waals surface area contributed by atoms with Crippen molar-refractivity contribution in [2.75, 3.05) is 60.7 Å². The van der Waals surface area contributed by atoms with Gasteiger partial charge >= 0.3 is 0 Å². The van der Waals surface area contributed by atoms with Crippen molar-refractivity contribution in [3.8, 4) is 17.2 Å². The van der Waals surface area contributed by atoms with Gasteiger partial charge in [-0.2, -0.15) is 0 Å². The van der Waals surface area contributed by atoms with Gasteiger partial charge in [-0.15, -0.1) is 0 Å². The maximum atomic E-state index is 14.0. The van der Waals surface area contributed by atoms with E-state index >= 15 is 0 Å². The molecular formula is C34H38Cl2N2O6S. The molecule has 45 heavy (non-hydrogen) atoms. The number of methoxy groups -OCH3 is 3. The summed E-state index contributed by atoms with van der Waals surface area (Å²) in [5, 5.41) is 0.899. The molecule has 3 heterocycles. The number of carbonyl (C=O) groups excluding carboxylic acids is 1. The van der Waals surface area contributed by atoms with Gasteiger partial charge in [-0.1, -0.05) is 53.5 Å². The summed E-state index contributed by atoms with van der Waals surface area (Å²) in [7, 11) is 3.67. The Labute approximate surface area is 276 Å². The van der Waals surface area contributed by atoms with Crippen molar-refractivity contribution in [3.63, 3.8) is 0 Å². The number of fused-ring (bicyclic) bond motifs is 2. The van der Waals surface area contributed by atoms with Gasteiger partial charge in [0.15, 0.2) is 11.5 Å². The number of hydrogen-bond acceptors (Lipinski definition) is 7. The molecule has 2 atom stereocenters.